The van der Waals surface area contributed by atoms with Gasteiger partial charge in [-0.25, -0.2) is 0 Å². The summed E-state index contributed by atoms with van der Waals surface area (Å²) < 4.78 is 5.95. The van der Waals surface area contributed by atoms with E-state index in [-0.39, 0.29) is 11.3 Å². The quantitative estimate of drug-likeness (QED) is 0.830. The predicted molar refractivity (Wildman–Crippen MR) is 99.7 cm³/mol. The number of amides is 1. The molecule has 1 aromatic heterocycles. The normalized spacial score (nSPS) is 21.7. The molecule has 2 aliphatic heterocycles. The molecule has 0 bridgehead atoms. The van der Waals surface area contributed by atoms with Crippen LogP contribution in [-0.4, -0.2) is 60.0 Å². The monoisotopic (exact) mass is 351 g/mol. The summed E-state index contributed by atoms with van der Waals surface area (Å²) in [6.07, 6.45) is 2.76. The number of aromatic nitrogens is 1. The van der Waals surface area contributed by atoms with Gasteiger partial charge in [-0.05, 0) is 31.2 Å². The Kier molecular flexibility index (Phi) is 4.74. The van der Waals surface area contributed by atoms with Crippen LogP contribution in [0.4, 0.5) is 0 Å². The van der Waals surface area contributed by atoms with Gasteiger partial charge in [-0.2, -0.15) is 0 Å². The van der Waals surface area contributed by atoms with Crippen molar-refractivity contribution in [1.29, 1.82) is 0 Å². The lowest BCUT2D eigenvalue weighted by Crippen LogP contribution is -2.59. The molecular formula is C21H25N3O2. The number of benzene rings is 1. The number of pyridine rings is 1. The Morgan fingerprint density at radius 1 is 1.15 bits per heavy atom. The molecule has 26 heavy (non-hydrogen) atoms. The molecule has 5 nitrogen and oxygen atoms in total. The first-order valence-corrected chi connectivity index (χ1v) is 9.17. The van der Waals surface area contributed by atoms with Gasteiger partial charge in [0.05, 0.1) is 13.2 Å². The average molecular weight is 351 g/mol. The number of nitrogens with zero attached hydrogens (tertiary/aromatic N) is 3. The molecule has 1 aromatic carbocycles. The number of hydrogen-bond acceptors (Lipinski definition) is 4. The molecule has 136 valence electrons. The number of likely N-dealkylation sites (N-methyl/N-ethyl adjacent to an activating group) is 1. The van der Waals surface area contributed by atoms with E-state index in [4.69, 9.17) is 4.74 Å². The molecule has 2 saturated heterocycles. The molecular weight excluding hydrogens is 326 g/mol. The van der Waals surface area contributed by atoms with Crippen molar-refractivity contribution in [3.8, 4) is 0 Å². The molecule has 2 aromatic rings. The van der Waals surface area contributed by atoms with Gasteiger partial charge in [0.1, 0.15) is 5.69 Å². The van der Waals surface area contributed by atoms with Gasteiger partial charge in [0, 0.05) is 37.3 Å². The molecule has 4 rings (SSSR count). The summed E-state index contributed by atoms with van der Waals surface area (Å²) in [6, 6.07) is 16.2. The van der Waals surface area contributed by atoms with Crippen molar-refractivity contribution in [1.82, 2.24) is 14.8 Å². The van der Waals surface area contributed by atoms with Gasteiger partial charge in [0.15, 0.2) is 0 Å². The number of ether oxygens (including phenoxy) is 1. The first-order valence-electron chi connectivity index (χ1n) is 9.17. The second-order valence-electron chi connectivity index (χ2n) is 7.65. The van der Waals surface area contributed by atoms with E-state index in [1.807, 2.05) is 35.2 Å². The lowest BCUT2D eigenvalue weighted by molar-refractivity contribution is 0.0104. The van der Waals surface area contributed by atoms with Crippen LogP contribution >= 0.6 is 0 Å². The molecule has 2 aliphatic rings. The van der Waals surface area contributed by atoms with Crippen molar-refractivity contribution in [3.63, 3.8) is 0 Å². The molecule has 5 heteroatoms. The maximum absolute atomic E-state index is 12.5. The van der Waals surface area contributed by atoms with E-state index >= 15 is 0 Å². The average Bonchev–Trinajstić information content (AvgIpc) is 2.98. The van der Waals surface area contributed by atoms with Crippen LogP contribution in [0.3, 0.4) is 0 Å². The van der Waals surface area contributed by atoms with E-state index in [0.29, 0.717) is 18.3 Å². The van der Waals surface area contributed by atoms with Crippen LogP contribution < -0.4 is 0 Å². The maximum Gasteiger partial charge on any atom is 0.272 e. The Bertz CT molecular complexity index is 744. The van der Waals surface area contributed by atoms with Crippen LogP contribution in [0.15, 0.2) is 54.7 Å². The lowest BCUT2D eigenvalue weighted by Gasteiger charge is -2.48. The minimum absolute atomic E-state index is 0.0441. The van der Waals surface area contributed by atoms with Gasteiger partial charge >= 0.3 is 0 Å². The molecule has 0 aliphatic carbocycles. The summed E-state index contributed by atoms with van der Waals surface area (Å²) in [7, 11) is 2.16. The summed E-state index contributed by atoms with van der Waals surface area (Å²) in [4.78, 5) is 21.0. The Balaban J connectivity index is 1.27. The third kappa shape index (κ3) is 3.50. The van der Waals surface area contributed by atoms with Crippen molar-refractivity contribution in [3.05, 3.63) is 66.0 Å². The Morgan fingerprint density at radius 3 is 2.65 bits per heavy atom. The molecule has 2 fully saturated rings. The van der Waals surface area contributed by atoms with Crippen LogP contribution in [0, 0.1) is 5.41 Å². The van der Waals surface area contributed by atoms with Gasteiger partial charge in [0.25, 0.3) is 5.91 Å². The fourth-order valence-corrected chi connectivity index (χ4v) is 4.24. The second kappa shape index (κ2) is 7.17. The Morgan fingerprint density at radius 2 is 1.92 bits per heavy atom. The molecule has 1 atom stereocenters. The highest BCUT2D eigenvalue weighted by atomic mass is 16.5. The van der Waals surface area contributed by atoms with E-state index in [0.717, 1.165) is 32.7 Å². The number of hydrogen-bond donors (Lipinski definition) is 0. The largest absolute Gasteiger partial charge is 0.375 e. The van der Waals surface area contributed by atoms with Crippen LogP contribution in [0.5, 0.6) is 0 Å². The zero-order chi connectivity index (χ0) is 18.0. The summed E-state index contributed by atoms with van der Waals surface area (Å²) >= 11 is 0. The highest BCUT2D eigenvalue weighted by Crippen LogP contribution is 2.42. The number of carbonyl (C=O) groups is 1. The fourth-order valence-electron chi connectivity index (χ4n) is 4.24. The van der Waals surface area contributed by atoms with E-state index in [2.05, 4.69) is 29.1 Å². The Hall–Kier alpha value is -2.24. The van der Waals surface area contributed by atoms with Crippen LogP contribution in [0.25, 0.3) is 0 Å². The van der Waals surface area contributed by atoms with Crippen molar-refractivity contribution in [2.75, 3.05) is 33.3 Å². The molecule has 1 unspecified atom stereocenters. The number of likely N-dealkylation sites (tertiary alicyclic amines) is 2. The highest BCUT2D eigenvalue weighted by molar-refractivity contribution is 5.92. The van der Waals surface area contributed by atoms with Gasteiger partial charge in [0.2, 0.25) is 0 Å². The Labute approximate surface area is 154 Å². The smallest absolute Gasteiger partial charge is 0.272 e. The first-order chi connectivity index (χ1) is 12.7. The van der Waals surface area contributed by atoms with Crippen LogP contribution in [0.2, 0.25) is 0 Å². The second-order valence-corrected chi connectivity index (χ2v) is 7.65. The first kappa shape index (κ1) is 17.2. The topological polar surface area (TPSA) is 45.7 Å². The molecule has 1 amide bonds. The van der Waals surface area contributed by atoms with Crippen molar-refractivity contribution in [2.24, 2.45) is 5.41 Å². The molecule has 0 saturated carbocycles. The summed E-state index contributed by atoms with van der Waals surface area (Å²) in [6.45, 7) is 4.06. The van der Waals surface area contributed by atoms with Gasteiger partial charge in [-0.3, -0.25) is 9.78 Å². The van der Waals surface area contributed by atoms with Crippen molar-refractivity contribution < 1.29 is 9.53 Å². The predicted octanol–water partition coefficient (Wildman–Crippen LogP) is 2.44. The van der Waals surface area contributed by atoms with E-state index in [9.17, 15) is 4.79 Å². The maximum atomic E-state index is 12.5. The lowest BCUT2D eigenvalue weighted by atomic mass is 9.77. The molecule has 1 spiro atoms. The fraction of sp³-hybridized carbons (Fsp3) is 0.429. The van der Waals surface area contributed by atoms with Crippen LogP contribution in [0.1, 0.15) is 22.5 Å². The summed E-state index contributed by atoms with van der Waals surface area (Å²) in [5.74, 6) is 0.0441. The molecule has 0 N–H and O–H groups in total. The third-order valence-corrected chi connectivity index (χ3v) is 5.52. The summed E-state index contributed by atoms with van der Waals surface area (Å²) in [5.41, 5.74) is 1.97. The van der Waals surface area contributed by atoms with E-state index in [1.54, 1.807) is 12.3 Å². The summed E-state index contributed by atoms with van der Waals surface area (Å²) in [5, 5.41) is 0. The van der Waals surface area contributed by atoms with Gasteiger partial charge in [-0.1, -0.05) is 36.4 Å². The zero-order valence-corrected chi connectivity index (χ0v) is 15.2. The number of rotatable bonds is 5. The minimum Gasteiger partial charge on any atom is -0.375 e. The van der Waals surface area contributed by atoms with Crippen molar-refractivity contribution >= 4 is 5.91 Å². The van der Waals surface area contributed by atoms with Gasteiger partial charge in [-0.15, -0.1) is 0 Å². The van der Waals surface area contributed by atoms with Gasteiger partial charge < -0.3 is 14.5 Å². The highest BCUT2D eigenvalue weighted by Gasteiger charge is 2.51. The third-order valence-electron chi connectivity index (χ3n) is 5.52. The minimum atomic E-state index is 0.0441. The molecule has 0 radical (unpaired) electrons. The number of carbonyl (C=O) groups excluding carboxylic acids is 1. The van der Waals surface area contributed by atoms with Crippen LogP contribution in [-0.2, 0) is 11.3 Å². The molecule has 3 heterocycles. The standard InChI is InChI=1S/C21H25N3O2/c1-23-14-21(11-18(23)13-26-12-17-7-3-2-4-8-17)15-24(16-21)20(25)19-9-5-6-10-22-19/h2-10,18H,11-16H2,1H3. The zero-order valence-electron chi connectivity index (χ0n) is 15.2. The van der Waals surface area contributed by atoms with E-state index < -0.39 is 0 Å². The van der Waals surface area contributed by atoms with Crippen molar-refractivity contribution in [2.45, 2.75) is 19.1 Å². The SMILES string of the molecule is CN1CC2(CC1COCc1ccccc1)CN(C(=O)c1ccccn1)C2. The van der Waals surface area contributed by atoms with E-state index in [1.165, 1.54) is 5.56 Å².